The molecule has 0 N–H and O–H groups in total. The second-order valence-corrected chi connectivity index (χ2v) is 5.93. The van der Waals surface area contributed by atoms with Crippen molar-refractivity contribution in [2.45, 2.75) is 39.2 Å². The maximum absolute atomic E-state index is 9.41. The molecule has 0 unspecified atom stereocenters. The Balaban J connectivity index is 2.26. The molecule has 2 heterocycles. The van der Waals surface area contributed by atoms with E-state index in [-0.39, 0.29) is 0 Å². The molecule has 1 fully saturated rings. The van der Waals surface area contributed by atoms with Crippen LogP contribution in [0.1, 0.15) is 36.1 Å². The van der Waals surface area contributed by atoms with Gasteiger partial charge in [-0.25, -0.2) is 4.98 Å². The molecule has 4 nitrogen and oxygen atoms in total. The molecule has 20 heavy (non-hydrogen) atoms. The summed E-state index contributed by atoms with van der Waals surface area (Å²) in [6, 6.07) is 4.95. The van der Waals surface area contributed by atoms with Crippen molar-refractivity contribution in [3.63, 3.8) is 0 Å². The number of nitrogens with zero attached hydrogens (tertiary/aromatic N) is 4. The highest BCUT2D eigenvalue weighted by Gasteiger charge is 2.22. The van der Waals surface area contributed by atoms with Gasteiger partial charge in [-0.2, -0.15) is 5.26 Å². The van der Waals surface area contributed by atoms with E-state index < -0.39 is 0 Å². The minimum atomic E-state index is 0.636. The van der Waals surface area contributed by atoms with Gasteiger partial charge >= 0.3 is 0 Å². The first-order valence-electron chi connectivity index (χ1n) is 7.32. The number of hydrogen-bond donors (Lipinski definition) is 0. The summed E-state index contributed by atoms with van der Waals surface area (Å²) in [5.74, 6) is 0.879. The highest BCUT2D eigenvalue weighted by Crippen LogP contribution is 2.25. The fourth-order valence-electron chi connectivity index (χ4n) is 2.99. The predicted octanol–water partition coefficient (Wildman–Crippen LogP) is 2.49. The summed E-state index contributed by atoms with van der Waals surface area (Å²) in [5, 5.41) is 9.41. The van der Waals surface area contributed by atoms with Crippen LogP contribution in [0.15, 0.2) is 6.07 Å². The summed E-state index contributed by atoms with van der Waals surface area (Å²) < 4.78 is 0. The maximum Gasteiger partial charge on any atom is 0.147 e. The lowest BCUT2D eigenvalue weighted by Gasteiger charge is -2.25. The minimum absolute atomic E-state index is 0.636. The van der Waals surface area contributed by atoms with E-state index in [1.807, 2.05) is 19.9 Å². The van der Waals surface area contributed by atoms with Crippen molar-refractivity contribution in [1.82, 2.24) is 9.88 Å². The van der Waals surface area contributed by atoms with Crippen molar-refractivity contribution in [2.24, 2.45) is 0 Å². The van der Waals surface area contributed by atoms with Gasteiger partial charge in [-0.15, -0.1) is 0 Å². The number of hydrogen-bond acceptors (Lipinski definition) is 4. The van der Waals surface area contributed by atoms with Gasteiger partial charge in [0.2, 0.25) is 0 Å². The van der Waals surface area contributed by atoms with Crippen LogP contribution in [0.5, 0.6) is 0 Å². The van der Waals surface area contributed by atoms with Crippen LogP contribution in [0.3, 0.4) is 0 Å². The molecule has 1 aromatic heterocycles. The van der Waals surface area contributed by atoms with Crippen molar-refractivity contribution < 1.29 is 0 Å². The maximum atomic E-state index is 9.41. The third-order valence-electron chi connectivity index (χ3n) is 4.16. The van der Waals surface area contributed by atoms with E-state index in [1.54, 1.807) is 0 Å². The van der Waals surface area contributed by atoms with Gasteiger partial charge in [0.15, 0.2) is 0 Å². The Hall–Kier alpha value is -1.60. The van der Waals surface area contributed by atoms with Crippen LogP contribution in [0.2, 0.25) is 0 Å². The Labute approximate surface area is 122 Å². The summed E-state index contributed by atoms with van der Waals surface area (Å²) in [4.78, 5) is 9.23. The molecule has 0 radical (unpaired) electrons. The molecule has 2 rings (SSSR count). The lowest BCUT2D eigenvalue weighted by Crippen LogP contribution is -2.30. The van der Waals surface area contributed by atoms with Gasteiger partial charge in [0.1, 0.15) is 11.9 Å². The number of pyridine rings is 1. The molecule has 4 heteroatoms. The minimum Gasteiger partial charge on any atom is -0.355 e. The monoisotopic (exact) mass is 272 g/mol. The Bertz CT molecular complexity index is 516. The van der Waals surface area contributed by atoms with E-state index >= 15 is 0 Å². The molecule has 1 saturated heterocycles. The molecule has 108 valence electrons. The third kappa shape index (κ3) is 3.10. The zero-order chi connectivity index (χ0) is 14.7. The Morgan fingerprint density at radius 1 is 1.30 bits per heavy atom. The van der Waals surface area contributed by atoms with Gasteiger partial charge in [0, 0.05) is 24.8 Å². The first-order valence-corrected chi connectivity index (χ1v) is 7.32. The molecule has 1 aliphatic heterocycles. The number of aryl methyl sites for hydroxylation is 2. The first kappa shape index (κ1) is 14.8. The average molecular weight is 272 g/mol. The molecule has 1 aliphatic rings. The second kappa shape index (κ2) is 6.23. The van der Waals surface area contributed by atoms with E-state index in [9.17, 15) is 5.26 Å². The number of rotatable bonds is 2. The van der Waals surface area contributed by atoms with E-state index in [4.69, 9.17) is 0 Å². The quantitative estimate of drug-likeness (QED) is 0.829. The molecule has 0 saturated carbocycles. The predicted molar refractivity (Wildman–Crippen MR) is 82.0 cm³/mol. The van der Waals surface area contributed by atoms with Crippen LogP contribution < -0.4 is 4.90 Å². The smallest absolute Gasteiger partial charge is 0.147 e. The van der Waals surface area contributed by atoms with Crippen molar-refractivity contribution in [3.8, 4) is 6.07 Å². The standard InChI is InChI=1S/C16H24N4/c1-12-10-13(2)18-16(15(12)11-17)20-8-5-6-14(7-9-20)19(3)4/h10,14H,5-9H2,1-4H3/t14-/m0/s1. The summed E-state index contributed by atoms with van der Waals surface area (Å²) >= 11 is 0. The molecular formula is C16H24N4. The van der Waals surface area contributed by atoms with E-state index in [1.165, 1.54) is 6.42 Å². The number of anilines is 1. The Morgan fingerprint density at radius 3 is 2.70 bits per heavy atom. The first-order chi connectivity index (χ1) is 9.52. The lowest BCUT2D eigenvalue weighted by molar-refractivity contribution is 0.272. The fraction of sp³-hybridized carbons (Fsp3) is 0.625. The van der Waals surface area contributed by atoms with Crippen LogP contribution in [0.25, 0.3) is 0 Å². The largest absolute Gasteiger partial charge is 0.355 e. The highest BCUT2D eigenvalue weighted by molar-refractivity contribution is 5.58. The zero-order valence-corrected chi connectivity index (χ0v) is 13.0. The van der Waals surface area contributed by atoms with Gasteiger partial charge in [0.25, 0.3) is 0 Å². The summed E-state index contributed by atoms with van der Waals surface area (Å²) in [7, 11) is 4.30. The summed E-state index contributed by atoms with van der Waals surface area (Å²) in [5.41, 5.74) is 2.76. The molecule has 0 spiro atoms. The molecule has 0 bridgehead atoms. The van der Waals surface area contributed by atoms with E-state index in [2.05, 4.69) is 34.9 Å². The average Bonchev–Trinajstić information content (AvgIpc) is 2.63. The SMILES string of the molecule is Cc1cc(C)c(C#N)c(N2CCC[C@H](N(C)C)CC2)n1. The normalized spacial score (nSPS) is 19.8. The number of aromatic nitrogens is 1. The molecule has 0 aromatic carbocycles. The van der Waals surface area contributed by atoms with Crippen molar-refractivity contribution in [2.75, 3.05) is 32.1 Å². The third-order valence-corrected chi connectivity index (χ3v) is 4.16. The van der Waals surface area contributed by atoms with Gasteiger partial charge in [-0.05, 0) is 58.8 Å². The topological polar surface area (TPSA) is 43.2 Å². The van der Waals surface area contributed by atoms with Crippen LogP contribution in [-0.2, 0) is 0 Å². The highest BCUT2D eigenvalue weighted by atomic mass is 15.2. The lowest BCUT2D eigenvalue weighted by atomic mass is 10.1. The fourth-order valence-corrected chi connectivity index (χ4v) is 2.99. The Morgan fingerprint density at radius 2 is 2.05 bits per heavy atom. The van der Waals surface area contributed by atoms with Gasteiger partial charge in [0.05, 0.1) is 5.56 Å². The van der Waals surface area contributed by atoms with Crippen LogP contribution >= 0.6 is 0 Å². The van der Waals surface area contributed by atoms with Crippen molar-refractivity contribution in [1.29, 1.82) is 5.26 Å². The summed E-state index contributed by atoms with van der Waals surface area (Å²) in [6.07, 6.45) is 3.51. The van der Waals surface area contributed by atoms with Crippen LogP contribution in [-0.4, -0.2) is 43.1 Å². The number of nitriles is 1. The zero-order valence-electron chi connectivity index (χ0n) is 13.0. The van der Waals surface area contributed by atoms with E-state index in [0.717, 1.165) is 48.6 Å². The van der Waals surface area contributed by atoms with Crippen molar-refractivity contribution in [3.05, 3.63) is 22.9 Å². The van der Waals surface area contributed by atoms with Gasteiger partial charge in [-0.3, -0.25) is 0 Å². The van der Waals surface area contributed by atoms with E-state index in [0.29, 0.717) is 6.04 Å². The van der Waals surface area contributed by atoms with Crippen molar-refractivity contribution >= 4 is 5.82 Å². The molecule has 0 amide bonds. The van der Waals surface area contributed by atoms with Gasteiger partial charge in [-0.1, -0.05) is 0 Å². The molecule has 1 aromatic rings. The molecule has 1 atom stereocenters. The van der Waals surface area contributed by atoms with Crippen LogP contribution in [0, 0.1) is 25.2 Å². The molecule has 0 aliphatic carbocycles. The second-order valence-electron chi connectivity index (χ2n) is 5.93. The van der Waals surface area contributed by atoms with Crippen LogP contribution in [0.4, 0.5) is 5.82 Å². The molecular weight excluding hydrogens is 248 g/mol. The summed E-state index contributed by atoms with van der Waals surface area (Å²) in [6.45, 7) is 5.97. The Kier molecular flexibility index (Phi) is 4.61. The van der Waals surface area contributed by atoms with Gasteiger partial charge < -0.3 is 9.80 Å².